The van der Waals surface area contributed by atoms with Crippen molar-refractivity contribution in [3.8, 4) is 17.2 Å². The van der Waals surface area contributed by atoms with Crippen LogP contribution in [0.15, 0.2) is 36.4 Å². The molecule has 0 bridgehead atoms. The molecule has 1 aliphatic heterocycles. The molecule has 0 radical (unpaired) electrons. The Balaban J connectivity index is 1.66. The molecule has 2 unspecified atom stereocenters. The van der Waals surface area contributed by atoms with Gasteiger partial charge >= 0.3 is 0 Å². The van der Waals surface area contributed by atoms with Crippen LogP contribution in [0.3, 0.4) is 0 Å². The van der Waals surface area contributed by atoms with E-state index in [0.717, 1.165) is 17.7 Å². The molecule has 2 aromatic carbocycles. The molecule has 0 saturated heterocycles. The van der Waals surface area contributed by atoms with Gasteiger partial charge in [0.05, 0.1) is 18.8 Å². The Labute approximate surface area is 165 Å². The smallest absolute Gasteiger partial charge is 0.222 e. The molecule has 0 amide bonds. The van der Waals surface area contributed by atoms with Gasteiger partial charge in [0.2, 0.25) is 6.73 Å². The lowest BCUT2D eigenvalue weighted by molar-refractivity contribution is -0.883. The number of benzene rings is 2. The second-order valence-electron chi connectivity index (χ2n) is 7.79. The monoisotopic (exact) mass is 388 g/mol. The number of aliphatic hydroxyl groups excluding tert-OH is 1. The van der Waals surface area contributed by atoms with Gasteiger partial charge in [-0.2, -0.15) is 0 Å². The first kappa shape index (κ1) is 20.4. The average Bonchev–Trinajstić information content (AvgIpc) is 2.67. The minimum absolute atomic E-state index is 0.0202. The zero-order chi connectivity index (χ0) is 20.3. The van der Waals surface area contributed by atoms with Crippen molar-refractivity contribution < 1.29 is 24.7 Å². The van der Waals surface area contributed by atoms with Gasteiger partial charge in [0, 0.05) is 17.6 Å². The Kier molecular flexibility index (Phi) is 6.10. The lowest BCUT2D eigenvalue weighted by Crippen LogP contribution is -3.07. The minimum atomic E-state index is -0.822. The zero-order valence-electron chi connectivity index (χ0n) is 16.5. The molecule has 0 fully saturated rings. The summed E-state index contributed by atoms with van der Waals surface area (Å²) < 4.78 is 10.7. The van der Waals surface area contributed by atoms with Crippen molar-refractivity contribution in [2.24, 2.45) is 0 Å². The second kappa shape index (κ2) is 8.36. The summed E-state index contributed by atoms with van der Waals surface area (Å²) in [6.07, 6.45) is -0.0414. The van der Waals surface area contributed by atoms with Crippen LogP contribution >= 0.6 is 0 Å². The quantitative estimate of drug-likeness (QED) is 0.534. The molecular weight excluding hydrogens is 360 g/mol. The molecule has 0 aliphatic carbocycles. The molecule has 1 heterocycles. The molecule has 7 heteroatoms. The summed E-state index contributed by atoms with van der Waals surface area (Å²) in [6, 6.07) is 11.1. The highest BCUT2D eigenvalue weighted by atomic mass is 16.6. The van der Waals surface area contributed by atoms with Crippen LogP contribution in [0.4, 0.5) is 0 Å². The van der Waals surface area contributed by atoms with Crippen molar-refractivity contribution >= 4 is 0 Å². The number of phenols is 1. The number of nitrogens with one attached hydrogen (secondary N) is 2. The van der Waals surface area contributed by atoms with E-state index < -0.39 is 6.10 Å². The van der Waals surface area contributed by atoms with Gasteiger partial charge < -0.3 is 35.3 Å². The van der Waals surface area contributed by atoms with Crippen molar-refractivity contribution in [2.75, 3.05) is 20.4 Å². The molecule has 152 valence electrons. The summed E-state index contributed by atoms with van der Waals surface area (Å²) in [5.74, 6) is 1.26. The number of hydrogen-bond donors (Lipinski definition) is 4. The first-order valence-corrected chi connectivity index (χ1v) is 9.34. The Morgan fingerprint density at radius 2 is 1.96 bits per heavy atom. The van der Waals surface area contributed by atoms with E-state index in [9.17, 15) is 15.4 Å². The number of quaternary nitrogens is 1. The number of fused-ring (bicyclic) bond motifs is 1. The van der Waals surface area contributed by atoms with Crippen LogP contribution in [0.1, 0.15) is 36.6 Å². The second-order valence-corrected chi connectivity index (χ2v) is 7.79. The van der Waals surface area contributed by atoms with Crippen molar-refractivity contribution in [1.29, 1.82) is 0 Å². The van der Waals surface area contributed by atoms with Crippen LogP contribution < -0.4 is 19.9 Å². The van der Waals surface area contributed by atoms with Crippen LogP contribution in [-0.4, -0.2) is 36.1 Å². The van der Waals surface area contributed by atoms with Gasteiger partial charge in [0.25, 0.3) is 0 Å². The number of rotatable bonds is 7. The third-order valence-electron chi connectivity index (χ3n) is 4.96. The van der Waals surface area contributed by atoms with Crippen molar-refractivity contribution in [2.45, 2.75) is 38.5 Å². The van der Waals surface area contributed by atoms with Crippen molar-refractivity contribution in [1.82, 2.24) is 5.32 Å². The third kappa shape index (κ3) is 4.74. The molecular formula is C21H28N2O5. The number of β-amino-alcohol motifs (C(OH)–C–C–N with tert-alkyl or cyclic N) is 1. The van der Waals surface area contributed by atoms with Gasteiger partial charge in [-0.1, -0.05) is 12.1 Å². The molecule has 28 heavy (non-hydrogen) atoms. The fraction of sp³-hybridized carbons (Fsp3) is 0.429. The van der Waals surface area contributed by atoms with E-state index in [-0.39, 0.29) is 29.6 Å². The fourth-order valence-electron chi connectivity index (χ4n) is 3.44. The maximum absolute atomic E-state index is 11.6. The molecule has 7 nitrogen and oxygen atoms in total. The highest BCUT2D eigenvalue weighted by Gasteiger charge is 2.27. The molecule has 0 saturated carbocycles. The van der Waals surface area contributed by atoms with Crippen molar-refractivity contribution in [3.05, 3.63) is 58.3 Å². The van der Waals surface area contributed by atoms with Crippen LogP contribution in [-0.2, 0) is 13.0 Å². The highest BCUT2D eigenvalue weighted by Crippen LogP contribution is 2.35. The summed E-state index contributed by atoms with van der Waals surface area (Å²) in [6.45, 7) is 4.55. The lowest BCUT2D eigenvalue weighted by Gasteiger charge is -2.32. The Morgan fingerprint density at radius 1 is 1.25 bits per heavy atom. The highest BCUT2D eigenvalue weighted by molar-refractivity contribution is 5.50. The van der Waals surface area contributed by atoms with Gasteiger partial charge in [0.15, 0.2) is 0 Å². The molecule has 0 spiro atoms. The van der Waals surface area contributed by atoms with Crippen molar-refractivity contribution in [3.63, 3.8) is 0 Å². The number of hydroxylamine groups is 2. The molecule has 4 N–H and O–H groups in total. The van der Waals surface area contributed by atoms with Crippen LogP contribution in [0, 0.1) is 5.21 Å². The van der Waals surface area contributed by atoms with E-state index in [0.29, 0.717) is 23.4 Å². The van der Waals surface area contributed by atoms with E-state index >= 15 is 0 Å². The van der Waals surface area contributed by atoms with E-state index in [2.05, 4.69) is 19.2 Å². The number of ether oxygens (including phenoxy) is 2. The van der Waals surface area contributed by atoms with E-state index in [1.807, 2.05) is 24.3 Å². The average molecular weight is 388 g/mol. The molecule has 3 rings (SSSR count). The summed E-state index contributed by atoms with van der Waals surface area (Å²) in [4.78, 5) is 0. The number of phenolic OH excluding ortho intramolecular Hbond substituents is 1. The Hall–Kier alpha value is -2.32. The van der Waals surface area contributed by atoms with E-state index in [1.54, 1.807) is 13.2 Å². The summed E-state index contributed by atoms with van der Waals surface area (Å²) >= 11 is 0. The number of aliphatic hydroxyl groups is 1. The van der Waals surface area contributed by atoms with Gasteiger partial charge in [-0.05, 0) is 50.1 Å². The third-order valence-corrected chi connectivity index (χ3v) is 4.96. The summed E-state index contributed by atoms with van der Waals surface area (Å²) in [5, 5.41) is 35.6. The Bertz CT molecular complexity index is 807. The molecule has 2 atom stereocenters. The largest absolute Gasteiger partial charge is 0.632 e. The normalized spacial score (nSPS) is 17.5. The fourth-order valence-corrected chi connectivity index (χ4v) is 3.44. The Morgan fingerprint density at radius 3 is 2.64 bits per heavy atom. The predicted octanol–water partition coefficient (Wildman–Crippen LogP) is 1.28. The van der Waals surface area contributed by atoms with Gasteiger partial charge in [0.1, 0.15) is 23.8 Å². The summed E-state index contributed by atoms with van der Waals surface area (Å²) in [5.41, 5.74) is 1.94. The topological polar surface area (TPSA) is 98.5 Å². The van der Waals surface area contributed by atoms with Crippen LogP contribution in [0.2, 0.25) is 0 Å². The standard InChI is InChI=1S/C21H28N2O5/c1-21(2,10-14-4-6-15(27-3)7-5-14)22-11-19(25)16-8-9-18(24)17-12-23(26)13-28-20(16)17/h4-9,19,22-25H,10-13H2,1-3H3. The maximum Gasteiger partial charge on any atom is 0.222 e. The first-order chi connectivity index (χ1) is 13.3. The molecule has 0 aromatic heterocycles. The van der Waals surface area contributed by atoms with Gasteiger partial charge in [-0.25, -0.2) is 0 Å². The lowest BCUT2D eigenvalue weighted by atomic mass is 9.94. The van der Waals surface area contributed by atoms with Crippen LogP contribution in [0.25, 0.3) is 0 Å². The maximum atomic E-state index is 11.6. The SMILES string of the molecule is COc1ccc(CC(C)(C)NCC(O)c2ccc(O)c3c2OC[NH+]([O-])C3)cc1. The molecule has 1 aliphatic rings. The number of methoxy groups -OCH3 is 1. The summed E-state index contributed by atoms with van der Waals surface area (Å²) in [7, 11) is 1.64. The number of aromatic hydroxyl groups is 1. The van der Waals surface area contributed by atoms with Gasteiger partial charge in [-0.3, -0.25) is 0 Å². The van der Waals surface area contributed by atoms with E-state index in [1.165, 1.54) is 6.07 Å². The zero-order valence-corrected chi connectivity index (χ0v) is 16.5. The first-order valence-electron chi connectivity index (χ1n) is 9.34. The van der Waals surface area contributed by atoms with Gasteiger partial charge in [-0.15, -0.1) is 0 Å². The number of hydrogen-bond acceptors (Lipinski definition) is 6. The van der Waals surface area contributed by atoms with Crippen LogP contribution in [0.5, 0.6) is 17.2 Å². The predicted molar refractivity (Wildman–Crippen MR) is 105 cm³/mol. The minimum Gasteiger partial charge on any atom is -0.632 e. The molecule has 2 aromatic rings. The van der Waals surface area contributed by atoms with E-state index in [4.69, 9.17) is 9.47 Å².